The average Bonchev–Trinajstić information content (AvgIpc) is 3.11. The molecule has 3 heterocycles. The van der Waals surface area contributed by atoms with Gasteiger partial charge in [-0.1, -0.05) is 17.7 Å². The molecule has 3 aliphatic heterocycles. The van der Waals surface area contributed by atoms with Crippen LogP contribution in [0.4, 0.5) is 0 Å². The van der Waals surface area contributed by atoms with Crippen molar-refractivity contribution in [1.29, 1.82) is 0 Å². The van der Waals surface area contributed by atoms with Gasteiger partial charge >= 0.3 is 0 Å². The predicted octanol–water partition coefficient (Wildman–Crippen LogP) is 1.53. The Morgan fingerprint density at radius 1 is 1.38 bits per heavy atom. The number of amidine groups is 1. The van der Waals surface area contributed by atoms with E-state index >= 15 is 0 Å². The highest BCUT2D eigenvalue weighted by Gasteiger charge is 2.42. The Kier molecular flexibility index (Phi) is 2.96. The van der Waals surface area contributed by atoms with Crippen LogP contribution >= 0.6 is 0 Å². The molecule has 21 heavy (non-hydrogen) atoms. The van der Waals surface area contributed by atoms with Crippen molar-refractivity contribution in [3.8, 4) is 5.75 Å². The van der Waals surface area contributed by atoms with Crippen molar-refractivity contribution in [3.05, 3.63) is 29.3 Å². The van der Waals surface area contributed by atoms with Gasteiger partial charge in [-0.2, -0.15) is 0 Å². The van der Waals surface area contributed by atoms with Gasteiger partial charge in [0, 0.05) is 24.7 Å². The van der Waals surface area contributed by atoms with Gasteiger partial charge in [0.05, 0.1) is 0 Å². The van der Waals surface area contributed by atoms with Gasteiger partial charge in [0.1, 0.15) is 24.0 Å². The summed E-state index contributed by atoms with van der Waals surface area (Å²) >= 11 is 0. The van der Waals surface area contributed by atoms with Crippen molar-refractivity contribution in [1.82, 2.24) is 10.2 Å². The van der Waals surface area contributed by atoms with E-state index in [2.05, 4.69) is 45.3 Å². The largest absolute Gasteiger partial charge is 0.479 e. The van der Waals surface area contributed by atoms with Crippen LogP contribution in [-0.2, 0) is 0 Å². The van der Waals surface area contributed by atoms with E-state index in [9.17, 15) is 0 Å². The zero-order valence-electron chi connectivity index (χ0n) is 12.4. The van der Waals surface area contributed by atoms with Crippen LogP contribution in [0.1, 0.15) is 23.6 Å². The minimum absolute atomic E-state index is 0.0565. The Labute approximate surface area is 124 Å². The summed E-state index contributed by atoms with van der Waals surface area (Å²) in [5, 5.41) is 3.35. The lowest BCUT2D eigenvalue weighted by molar-refractivity contribution is 0.253. The second-order valence-electron chi connectivity index (χ2n) is 6.00. The van der Waals surface area contributed by atoms with Crippen LogP contribution in [0.25, 0.3) is 0 Å². The first kappa shape index (κ1) is 12.8. The second-order valence-corrected chi connectivity index (χ2v) is 6.00. The lowest BCUT2D eigenvalue weighted by Crippen LogP contribution is -2.44. The maximum Gasteiger partial charge on any atom is 0.182 e. The second kappa shape index (κ2) is 4.84. The fraction of sp³-hybridized carbons (Fsp3) is 0.500. The van der Waals surface area contributed by atoms with E-state index in [0.717, 1.165) is 31.1 Å². The molecule has 4 rings (SSSR count). The molecule has 0 spiro atoms. The normalized spacial score (nSPS) is 29.9. The first-order valence-electron chi connectivity index (χ1n) is 7.55. The van der Waals surface area contributed by atoms with Crippen molar-refractivity contribution in [3.63, 3.8) is 0 Å². The third-order valence-electron chi connectivity index (χ3n) is 4.62. The smallest absolute Gasteiger partial charge is 0.182 e. The number of rotatable bonds is 1. The molecular weight excluding hydrogens is 264 g/mol. The Hall–Kier alpha value is -1.88. The summed E-state index contributed by atoms with van der Waals surface area (Å²) in [5.41, 5.74) is 2.43. The lowest BCUT2D eigenvalue weighted by Gasteiger charge is -2.28. The number of likely N-dealkylation sites (N-methyl/N-ethyl adjacent to an activating group) is 1. The quantitative estimate of drug-likeness (QED) is 0.851. The van der Waals surface area contributed by atoms with Crippen molar-refractivity contribution < 1.29 is 4.74 Å². The third kappa shape index (κ3) is 2.03. The highest BCUT2D eigenvalue weighted by Crippen LogP contribution is 2.41. The van der Waals surface area contributed by atoms with E-state index in [-0.39, 0.29) is 12.1 Å². The van der Waals surface area contributed by atoms with Gasteiger partial charge in [-0.3, -0.25) is 4.99 Å². The van der Waals surface area contributed by atoms with Gasteiger partial charge in [0.25, 0.3) is 0 Å². The third-order valence-corrected chi connectivity index (χ3v) is 4.62. The summed E-state index contributed by atoms with van der Waals surface area (Å²) in [7, 11) is 2.02. The van der Waals surface area contributed by atoms with Gasteiger partial charge in [-0.05, 0) is 26.5 Å². The van der Waals surface area contributed by atoms with Crippen LogP contribution in [0.15, 0.2) is 28.2 Å². The molecule has 3 atom stereocenters. The highest BCUT2D eigenvalue weighted by atomic mass is 16.5. The molecule has 5 heteroatoms. The number of hydrogen-bond acceptors (Lipinski definition) is 5. The van der Waals surface area contributed by atoms with E-state index in [1.165, 1.54) is 11.1 Å². The predicted molar refractivity (Wildman–Crippen MR) is 83.3 cm³/mol. The van der Waals surface area contributed by atoms with Gasteiger partial charge in [0.15, 0.2) is 6.10 Å². The van der Waals surface area contributed by atoms with Crippen LogP contribution in [-0.4, -0.2) is 49.4 Å². The molecule has 2 unspecified atom stereocenters. The molecular formula is C16H20N4O. The summed E-state index contributed by atoms with van der Waals surface area (Å²) < 4.78 is 6.15. The van der Waals surface area contributed by atoms with E-state index in [1.54, 1.807) is 6.34 Å². The monoisotopic (exact) mass is 284 g/mol. The van der Waals surface area contributed by atoms with Crippen LogP contribution < -0.4 is 10.1 Å². The van der Waals surface area contributed by atoms with Crippen LogP contribution in [0, 0.1) is 6.92 Å². The van der Waals surface area contributed by atoms with Crippen LogP contribution in [0.3, 0.4) is 0 Å². The van der Waals surface area contributed by atoms with Crippen molar-refractivity contribution in [2.24, 2.45) is 9.98 Å². The van der Waals surface area contributed by atoms with Gasteiger partial charge in [0.2, 0.25) is 0 Å². The molecule has 1 fully saturated rings. The average molecular weight is 284 g/mol. The first-order chi connectivity index (χ1) is 10.3. The number of hydrogen-bond donors (Lipinski definition) is 1. The van der Waals surface area contributed by atoms with Gasteiger partial charge in [-0.15, -0.1) is 0 Å². The summed E-state index contributed by atoms with van der Waals surface area (Å²) in [6.45, 7) is 4.12. The molecule has 0 aromatic heterocycles. The molecule has 3 aliphatic rings. The number of ether oxygens (including phenoxy) is 1. The molecule has 5 nitrogen and oxygen atoms in total. The fourth-order valence-corrected chi connectivity index (χ4v) is 3.43. The first-order valence-corrected chi connectivity index (χ1v) is 7.55. The van der Waals surface area contributed by atoms with Gasteiger partial charge < -0.3 is 15.0 Å². The van der Waals surface area contributed by atoms with Crippen molar-refractivity contribution in [2.45, 2.75) is 31.5 Å². The Morgan fingerprint density at radius 2 is 2.29 bits per heavy atom. The number of likely N-dealkylation sites (tertiary alicyclic amines) is 1. The molecule has 0 amide bonds. The zero-order chi connectivity index (χ0) is 14.4. The summed E-state index contributed by atoms with van der Waals surface area (Å²) in [6.07, 6.45) is 2.78. The Bertz CT molecular complexity index is 625. The van der Waals surface area contributed by atoms with E-state index < -0.39 is 0 Å². The minimum Gasteiger partial charge on any atom is -0.479 e. The molecule has 1 aromatic rings. The van der Waals surface area contributed by atoms with E-state index in [1.807, 2.05) is 7.05 Å². The van der Waals surface area contributed by atoms with Crippen LogP contribution in [0.5, 0.6) is 5.75 Å². The molecule has 0 aliphatic carbocycles. The number of nitrogens with zero attached hydrogens (tertiary/aromatic N) is 3. The SMILES string of the molecule is CN[C@@H]1CCN(C2=NC=NC3c4cc(C)ccc4OC23)C1. The summed E-state index contributed by atoms with van der Waals surface area (Å²) in [4.78, 5) is 11.4. The maximum atomic E-state index is 6.15. The summed E-state index contributed by atoms with van der Waals surface area (Å²) in [6, 6.07) is 6.91. The van der Waals surface area contributed by atoms with Crippen molar-refractivity contribution in [2.75, 3.05) is 20.1 Å². The Balaban J connectivity index is 1.62. The maximum absolute atomic E-state index is 6.15. The number of aryl methyl sites for hydroxylation is 1. The topological polar surface area (TPSA) is 49.2 Å². The zero-order valence-corrected chi connectivity index (χ0v) is 12.4. The van der Waals surface area contributed by atoms with Crippen molar-refractivity contribution >= 4 is 12.2 Å². The van der Waals surface area contributed by atoms with E-state index in [0.29, 0.717) is 6.04 Å². The van der Waals surface area contributed by atoms with Gasteiger partial charge in [-0.25, -0.2) is 4.99 Å². The standard InChI is InChI=1S/C16H20N4O/c1-10-3-4-13-12(7-10)14-15(21-13)16(19-9-18-14)20-6-5-11(8-20)17-2/h3-4,7,9,11,14-15,17H,5-6,8H2,1-2H3/t11-,14?,15?/m1/s1. The molecule has 1 N–H and O–H groups in total. The van der Waals surface area contributed by atoms with Crippen LogP contribution in [0.2, 0.25) is 0 Å². The molecule has 1 saturated heterocycles. The summed E-state index contributed by atoms with van der Waals surface area (Å²) in [5.74, 6) is 1.98. The molecule has 0 radical (unpaired) electrons. The Morgan fingerprint density at radius 3 is 3.10 bits per heavy atom. The molecule has 110 valence electrons. The molecule has 0 saturated carbocycles. The molecule has 0 bridgehead atoms. The van der Waals surface area contributed by atoms with E-state index in [4.69, 9.17) is 4.74 Å². The number of aliphatic imine (C=N–C) groups is 2. The minimum atomic E-state index is -0.0672. The number of benzene rings is 1. The fourth-order valence-electron chi connectivity index (χ4n) is 3.43. The molecule has 1 aromatic carbocycles. The number of nitrogens with one attached hydrogen (secondary N) is 1. The number of fused-ring (bicyclic) bond motifs is 3. The lowest BCUT2D eigenvalue weighted by atomic mass is 10.0. The highest BCUT2D eigenvalue weighted by molar-refractivity contribution is 5.96.